The fourth-order valence-electron chi connectivity index (χ4n) is 20.3. The van der Waals surface area contributed by atoms with Gasteiger partial charge in [-0.25, -0.2) is 4.98 Å². The van der Waals surface area contributed by atoms with E-state index in [1.165, 1.54) is 161 Å². The van der Waals surface area contributed by atoms with E-state index in [2.05, 4.69) is 334 Å². The second-order valence-corrected chi connectivity index (χ2v) is 31.9. The minimum atomic E-state index is 0.0975. The van der Waals surface area contributed by atoms with Crippen molar-refractivity contribution < 1.29 is 0 Å². The van der Waals surface area contributed by atoms with Gasteiger partial charge in [0, 0.05) is 106 Å². The largest absolute Gasteiger partial charge is 0.310 e. The first-order chi connectivity index (χ1) is 59.0. The summed E-state index contributed by atoms with van der Waals surface area (Å²) in [7, 11) is 0. The number of nitrogens with zero attached hydrogens (tertiary/aromatic N) is 9. The van der Waals surface area contributed by atoms with E-state index in [9.17, 15) is 0 Å². The van der Waals surface area contributed by atoms with Crippen LogP contribution in [-0.2, 0) is 0 Å². The average molecular weight is 1520 g/mol. The van der Waals surface area contributed by atoms with Crippen LogP contribution < -0.4 is 4.90 Å². The summed E-state index contributed by atoms with van der Waals surface area (Å²) in [5, 5.41) is 2.58. The van der Waals surface area contributed by atoms with Crippen molar-refractivity contribution in [3.8, 4) is 22.8 Å². The standard InChI is InChI=1S/C38H25N3.C37H24N2.C35H24N4/c1-2-7-26(8-3-1)38-40-33-10-4-5-11-34(33)41(38)29-17-12-24(13-18-29)30-19-14-25-15-21-32-36-27(16-20-31(30)35(25)36)23-28-9-6-22-39-37(28)32;1-3-9-33-29(7-1)30-8-2-4-10-34(30)39(33)27-16-11-23(12-17-27)28-18-13-24-14-20-32-36-25(15-19-31(28)35(24)36)22-26-6-5-21-38-37(26)32;1-2-26-22-25-7-11-31-30(10-5-24-6-12-32(34(25)33(24)31)35(26)38-17-1)23-3-8-27(9-4-23)39(28-13-18-36-19-14-28)29-15-20-37-21-16-29/h1-23,35,37H;1-22,35,37H;1-22,33,35H. The van der Waals surface area contributed by atoms with Gasteiger partial charge in [-0.05, 0) is 255 Å². The van der Waals surface area contributed by atoms with Crippen molar-refractivity contribution in [2.45, 2.75) is 18.1 Å². The first-order valence-electron chi connectivity index (χ1n) is 41.0. The lowest BCUT2D eigenvalue weighted by Crippen LogP contribution is -2.29. The summed E-state index contributed by atoms with van der Waals surface area (Å²) in [4.78, 5) is 30.2. The van der Waals surface area contributed by atoms with E-state index >= 15 is 0 Å². The maximum Gasteiger partial charge on any atom is 0.145 e. The highest BCUT2D eigenvalue weighted by molar-refractivity contribution is 6.09. The van der Waals surface area contributed by atoms with Crippen LogP contribution in [0.4, 0.5) is 17.1 Å². The zero-order valence-corrected chi connectivity index (χ0v) is 64.7. The molecule has 0 amide bonds. The van der Waals surface area contributed by atoms with Gasteiger partial charge in [0.25, 0.3) is 0 Å². The van der Waals surface area contributed by atoms with Gasteiger partial charge in [0.15, 0.2) is 0 Å². The topological polar surface area (TPSA) is 88.9 Å². The van der Waals surface area contributed by atoms with Gasteiger partial charge >= 0.3 is 0 Å². The van der Waals surface area contributed by atoms with Crippen LogP contribution in [0.15, 0.2) is 504 Å². The Morgan fingerprint density at radius 1 is 0.286 bits per heavy atom. The molecular formula is C110H73N9. The Morgan fingerprint density at radius 3 is 1.10 bits per heavy atom. The van der Waals surface area contributed by atoms with Crippen LogP contribution >= 0.6 is 0 Å². The number of aromatic nitrogens is 5. The van der Waals surface area contributed by atoms with Crippen molar-refractivity contribution in [3.63, 3.8) is 0 Å². The van der Waals surface area contributed by atoms with Crippen molar-refractivity contribution in [2.75, 3.05) is 4.90 Å². The normalized spacial score (nSPS) is 21.8. The molecule has 558 valence electrons. The second-order valence-electron chi connectivity index (χ2n) is 31.9. The number of hydrogen-bond donors (Lipinski definition) is 0. The number of hydrogen-bond acceptors (Lipinski definition) is 7. The van der Waals surface area contributed by atoms with Gasteiger partial charge in [-0.2, -0.15) is 0 Å². The molecule has 0 spiro atoms. The quantitative estimate of drug-likeness (QED) is 0.144. The van der Waals surface area contributed by atoms with Gasteiger partial charge < -0.3 is 9.47 Å². The summed E-state index contributed by atoms with van der Waals surface area (Å²) in [6, 6.07) is 71.5. The fraction of sp³-hybridized carbons (Fsp3) is 0.0545. The summed E-state index contributed by atoms with van der Waals surface area (Å²) >= 11 is 0. The van der Waals surface area contributed by atoms with Crippen molar-refractivity contribution in [3.05, 3.63) is 506 Å². The molecule has 11 aromatic rings. The monoisotopic (exact) mass is 1520 g/mol. The maximum atomic E-state index is 5.01. The molecule has 9 nitrogen and oxygen atoms in total. The van der Waals surface area contributed by atoms with E-state index in [1.54, 1.807) is 0 Å². The fourth-order valence-corrected chi connectivity index (χ4v) is 20.3. The molecule has 7 aromatic carbocycles. The number of dihydropyridines is 3. The van der Waals surface area contributed by atoms with Crippen LogP contribution in [0.3, 0.4) is 0 Å². The Hall–Kier alpha value is -15.3. The van der Waals surface area contributed by atoms with E-state index in [1.807, 2.05) is 98.1 Å². The van der Waals surface area contributed by atoms with Gasteiger partial charge in [-0.3, -0.25) is 29.5 Å². The number of aliphatic imine (C=N–C) groups is 3. The number of benzene rings is 7. The van der Waals surface area contributed by atoms with Crippen molar-refractivity contribution in [2.24, 2.45) is 32.7 Å². The molecule has 15 aliphatic rings. The number of fused-ring (bicyclic) bond motifs is 10. The lowest BCUT2D eigenvalue weighted by atomic mass is 9.65. The zero-order valence-electron chi connectivity index (χ0n) is 64.7. The lowest BCUT2D eigenvalue weighted by Gasteiger charge is -2.39. The summed E-state index contributed by atoms with van der Waals surface area (Å²) in [6.45, 7) is 0. The number of pyridine rings is 2. The van der Waals surface area contributed by atoms with E-state index in [4.69, 9.17) is 20.0 Å². The minimum absolute atomic E-state index is 0.0975. The number of rotatable bonds is 9. The Bertz CT molecular complexity index is 7170. The van der Waals surface area contributed by atoms with Crippen molar-refractivity contribution >= 4 is 85.3 Å². The molecular weight excluding hydrogens is 1450 g/mol. The van der Waals surface area contributed by atoms with Crippen molar-refractivity contribution in [1.82, 2.24) is 24.1 Å². The Kier molecular flexibility index (Phi) is 15.9. The summed E-state index contributed by atoms with van der Waals surface area (Å²) in [6.07, 6.45) is 74.2. The molecule has 0 saturated carbocycles. The molecule has 0 N–H and O–H groups in total. The molecule has 0 radical (unpaired) electrons. The Morgan fingerprint density at radius 2 is 0.664 bits per heavy atom. The first kappa shape index (κ1) is 68.1. The molecule has 4 aromatic heterocycles. The predicted molar refractivity (Wildman–Crippen MR) is 488 cm³/mol. The Labute approximate surface area is 689 Å². The van der Waals surface area contributed by atoms with Crippen LogP contribution in [0.2, 0.25) is 0 Å². The highest BCUT2D eigenvalue weighted by atomic mass is 15.1. The number of allylic oxidation sites excluding steroid dienone is 36. The lowest BCUT2D eigenvalue weighted by molar-refractivity contribution is 0.786. The van der Waals surface area contributed by atoms with Crippen LogP contribution in [0.25, 0.3) is 72.3 Å². The third-order valence-electron chi connectivity index (χ3n) is 25.6. The number of imidazole rings is 1. The number of anilines is 3. The first-order valence-corrected chi connectivity index (χ1v) is 41.0. The molecule has 0 fully saturated rings. The molecule has 7 heterocycles. The third-order valence-corrected chi connectivity index (χ3v) is 25.6. The molecule has 6 atom stereocenters. The second kappa shape index (κ2) is 27.7. The highest BCUT2D eigenvalue weighted by Crippen LogP contribution is 2.56. The van der Waals surface area contributed by atoms with Gasteiger partial charge in [-0.15, -0.1) is 0 Å². The predicted octanol–water partition coefficient (Wildman–Crippen LogP) is 24.3. The van der Waals surface area contributed by atoms with E-state index in [0.29, 0.717) is 0 Å². The van der Waals surface area contributed by atoms with Gasteiger partial charge in [0.2, 0.25) is 0 Å². The van der Waals surface area contributed by atoms with Crippen molar-refractivity contribution in [1.29, 1.82) is 0 Å². The summed E-state index contributed by atoms with van der Waals surface area (Å²) in [5.41, 5.74) is 42.9. The van der Waals surface area contributed by atoms with Crippen LogP contribution in [0.5, 0.6) is 0 Å². The van der Waals surface area contributed by atoms with Gasteiger partial charge in [-0.1, -0.05) is 243 Å². The van der Waals surface area contributed by atoms with E-state index in [-0.39, 0.29) is 35.9 Å². The molecule has 0 saturated heterocycles. The molecule has 9 heteroatoms. The van der Waals surface area contributed by atoms with Crippen LogP contribution in [-0.4, -0.2) is 60.9 Å². The van der Waals surface area contributed by atoms with Gasteiger partial charge in [0.05, 0.1) is 22.1 Å². The Balaban J connectivity index is 0.000000102. The molecule has 119 heavy (non-hydrogen) atoms. The molecule has 3 aliphatic heterocycles. The third kappa shape index (κ3) is 11.1. The summed E-state index contributed by atoms with van der Waals surface area (Å²) in [5.74, 6) is 1.71. The van der Waals surface area contributed by atoms with E-state index in [0.717, 1.165) is 45.2 Å². The molecule has 12 aliphatic carbocycles. The summed E-state index contributed by atoms with van der Waals surface area (Å²) < 4.78 is 4.65. The van der Waals surface area contributed by atoms with Crippen LogP contribution in [0, 0.1) is 17.8 Å². The average Bonchev–Trinajstić information content (AvgIpc) is 1.71. The smallest absolute Gasteiger partial charge is 0.145 e. The minimum Gasteiger partial charge on any atom is -0.310 e. The van der Waals surface area contributed by atoms with E-state index < -0.39 is 0 Å². The molecule has 6 unspecified atom stereocenters. The highest BCUT2D eigenvalue weighted by Gasteiger charge is 2.43. The molecule has 26 rings (SSSR count). The van der Waals surface area contributed by atoms with Gasteiger partial charge in [0.1, 0.15) is 23.9 Å². The molecule has 0 bridgehead atoms. The van der Waals surface area contributed by atoms with Crippen LogP contribution in [0.1, 0.15) is 16.7 Å². The zero-order chi connectivity index (χ0) is 78.2. The SMILES string of the molecule is C1=CC2=CC3=C4C(=CC=C5C=CC(c6ccc(-n7c(-c8ccccc8)nc8ccccc87)cc6)=C(C=C3)C54)C2N=C1.C1=CC2=CC3=C4C(=CC=C5C=CC(c6ccc(-n7c8ccccc8c8ccccc87)cc6)=C(C=C3)C54)C2N=C1.C1=CC2=CC3=C4C(=CC=C5C=CC(c6ccc(N(c7ccncc7)c7ccncc7)cc6)=C(C=C3)C54)C2N=C1. The number of para-hydroxylation sites is 4. The maximum absolute atomic E-state index is 5.01.